The summed E-state index contributed by atoms with van der Waals surface area (Å²) in [6.07, 6.45) is 3.86. The van der Waals surface area contributed by atoms with Crippen LogP contribution in [0.1, 0.15) is 0 Å². The van der Waals surface area contributed by atoms with Crippen molar-refractivity contribution in [1.29, 1.82) is 0 Å². The quantitative estimate of drug-likeness (QED) is 0.180. The molecule has 5 aromatic heterocycles. The number of nitrogens with zero attached hydrogens (tertiary/aromatic N) is 6. The van der Waals surface area contributed by atoms with Gasteiger partial charge in [-0.2, -0.15) is 4.98 Å². The molecule has 5 heterocycles. The highest BCUT2D eigenvalue weighted by Crippen LogP contribution is 2.39. The summed E-state index contributed by atoms with van der Waals surface area (Å²) in [7, 11) is 0. The van der Waals surface area contributed by atoms with Gasteiger partial charge in [0.2, 0.25) is 4.96 Å². The number of hydrogen-bond donors (Lipinski definition) is 0. The number of para-hydroxylation sites is 1. The van der Waals surface area contributed by atoms with Crippen LogP contribution >= 0.6 is 11.3 Å². The van der Waals surface area contributed by atoms with Gasteiger partial charge in [-0.05, 0) is 47.2 Å². The zero-order chi connectivity index (χ0) is 34.2. The summed E-state index contributed by atoms with van der Waals surface area (Å²) in [5.41, 5.74) is 5.91. The molecule has 11 rings (SSSR count). The van der Waals surface area contributed by atoms with Crippen molar-refractivity contribution in [2.45, 2.75) is 0 Å². The van der Waals surface area contributed by atoms with Crippen molar-refractivity contribution in [2.75, 3.05) is 0 Å². The Labute approximate surface area is 300 Å². The fourth-order valence-corrected chi connectivity index (χ4v) is 8.16. The predicted molar refractivity (Wildman–Crippen MR) is 211 cm³/mol. The van der Waals surface area contributed by atoms with E-state index in [9.17, 15) is 0 Å². The van der Waals surface area contributed by atoms with Crippen LogP contribution in [0.2, 0.25) is 0 Å². The van der Waals surface area contributed by atoms with Gasteiger partial charge < -0.3 is 4.74 Å². The Hall–Kier alpha value is -6.90. The lowest BCUT2D eigenvalue weighted by molar-refractivity contribution is 0.489. The lowest BCUT2D eigenvalue weighted by Gasteiger charge is -2.13. The number of aromatic nitrogens is 6. The van der Waals surface area contributed by atoms with Crippen LogP contribution in [0.4, 0.5) is 0 Å². The van der Waals surface area contributed by atoms with Crippen LogP contribution in [0, 0.1) is 0 Å². The lowest BCUT2D eigenvalue weighted by atomic mass is 10.0. The van der Waals surface area contributed by atoms with Crippen LogP contribution in [0.25, 0.3) is 87.0 Å². The summed E-state index contributed by atoms with van der Waals surface area (Å²) >= 11 is 1.59. The summed E-state index contributed by atoms with van der Waals surface area (Å²) in [5, 5.41) is 11.5. The van der Waals surface area contributed by atoms with Crippen molar-refractivity contribution in [3.8, 4) is 40.0 Å². The first kappa shape index (κ1) is 28.9. The van der Waals surface area contributed by atoms with E-state index in [1.54, 1.807) is 11.3 Å². The Morgan fingerprint density at radius 2 is 1.31 bits per heavy atom. The summed E-state index contributed by atoms with van der Waals surface area (Å²) in [5.74, 6) is 3.00. The molecule has 0 atom stereocenters. The van der Waals surface area contributed by atoms with Gasteiger partial charge in [-0.1, -0.05) is 108 Å². The molecule has 52 heavy (non-hydrogen) atoms. The average molecular weight is 687 g/mol. The first-order valence-corrected chi connectivity index (χ1v) is 17.9. The molecule has 0 spiro atoms. The smallest absolute Gasteiger partial charge is 0.213 e. The minimum absolute atomic E-state index is 0.707. The second-order valence-electron chi connectivity index (χ2n) is 12.9. The number of thiazole rings is 1. The largest absolute Gasteiger partial charge is 0.457 e. The molecule has 0 bridgehead atoms. The van der Waals surface area contributed by atoms with Crippen LogP contribution in [-0.2, 0) is 0 Å². The number of pyridine rings is 2. The molecule has 6 aromatic carbocycles. The number of rotatable bonds is 5. The number of hydrogen-bond acceptors (Lipinski definition) is 6. The standard InChI is InChI=1S/C44H26N6OS/c1-2-10-27(11-3-1)43-47-44-50(48-43)39-24-42(46-26-41(39)52-44)49-37-17-9-8-16-34(37)35-19-18-32(23-38(35)49)51-40-22-31(20-29-13-6-7-15-33(29)40)36-21-28-12-4-5-14-30(28)25-45-36/h1-26H. The molecule has 0 aliphatic rings. The second kappa shape index (κ2) is 11.3. The van der Waals surface area contributed by atoms with E-state index in [-0.39, 0.29) is 0 Å². The minimum atomic E-state index is 0.707. The van der Waals surface area contributed by atoms with Crippen molar-refractivity contribution < 1.29 is 4.74 Å². The molecule has 8 heteroatoms. The maximum absolute atomic E-state index is 6.81. The first-order valence-electron chi connectivity index (χ1n) is 17.0. The van der Waals surface area contributed by atoms with Crippen LogP contribution < -0.4 is 4.74 Å². The fourth-order valence-electron chi connectivity index (χ4n) is 7.25. The fraction of sp³-hybridized carbons (Fsp3) is 0. The molecule has 0 aliphatic carbocycles. The van der Waals surface area contributed by atoms with Crippen LogP contribution in [0.5, 0.6) is 11.5 Å². The van der Waals surface area contributed by atoms with Crippen molar-refractivity contribution >= 4 is 69.9 Å². The molecule has 0 unspecified atom stereocenters. The van der Waals surface area contributed by atoms with Gasteiger partial charge in [0.25, 0.3) is 0 Å². The Morgan fingerprint density at radius 1 is 0.538 bits per heavy atom. The third-order valence-corrected chi connectivity index (χ3v) is 10.7. The number of ether oxygens (including phenoxy) is 1. The van der Waals surface area contributed by atoms with E-state index in [1.807, 2.05) is 65.4 Å². The number of benzene rings is 6. The van der Waals surface area contributed by atoms with Gasteiger partial charge in [0.1, 0.15) is 17.3 Å². The monoisotopic (exact) mass is 686 g/mol. The summed E-state index contributed by atoms with van der Waals surface area (Å²) in [6, 6.07) is 50.0. The van der Waals surface area contributed by atoms with Gasteiger partial charge in [-0.25, -0.2) is 9.50 Å². The van der Waals surface area contributed by atoms with E-state index >= 15 is 0 Å². The molecule has 0 aliphatic heterocycles. The van der Waals surface area contributed by atoms with Crippen molar-refractivity contribution in [1.82, 2.24) is 29.1 Å². The third-order valence-electron chi connectivity index (χ3n) is 9.72. The highest BCUT2D eigenvalue weighted by molar-refractivity contribution is 7.23. The van der Waals surface area contributed by atoms with Gasteiger partial charge in [-0.3, -0.25) is 9.55 Å². The summed E-state index contributed by atoms with van der Waals surface area (Å²) < 4.78 is 12.0. The molecule has 0 amide bonds. The maximum Gasteiger partial charge on any atom is 0.213 e. The molecule has 0 saturated carbocycles. The highest BCUT2D eigenvalue weighted by atomic mass is 32.1. The molecular weight excluding hydrogens is 661 g/mol. The van der Waals surface area contributed by atoms with Gasteiger partial charge in [0.05, 0.1) is 26.9 Å². The average Bonchev–Trinajstić information content (AvgIpc) is 3.87. The maximum atomic E-state index is 6.81. The van der Waals surface area contributed by atoms with E-state index in [0.29, 0.717) is 5.82 Å². The van der Waals surface area contributed by atoms with E-state index in [1.165, 1.54) is 0 Å². The Balaban J connectivity index is 1.05. The Kier molecular flexibility index (Phi) is 6.28. The molecule has 0 fully saturated rings. The van der Waals surface area contributed by atoms with Crippen molar-refractivity contribution in [2.24, 2.45) is 0 Å². The van der Waals surface area contributed by atoms with E-state index in [2.05, 4.69) is 102 Å². The number of fused-ring (bicyclic) bond motifs is 8. The Bertz CT molecular complexity index is 3180. The molecule has 0 saturated heterocycles. The van der Waals surface area contributed by atoms with Crippen molar-refractivity contribution in [3.63, 3.8) is 0 Å². The van der Waals surface area contributed by atoms with E-state index < -0.39 is 0 Å². The van der Waals surface area contributed by atoms with Gasteiger partial charge in [-0.15, -0.1) is 5.10 Å². The molecule has 0 N–H and O–H groups in total. The van der Waals surface area contributed by atoms with Crippen LogP contribution in [-0.4, -0.2) is 29.1 Å². The zero-order valence-electron chi connectivity index (χ0n) is 27.5. The van der Waals surface area contributed by atoms with E-state index in [4.69, 9.17) is 24.8 Å². The molecule has 7 nitrogen and oxygen atoms in total. The van der Waals surface area contributed by atoms with Crippen LogP contribution in [0.3, 0.4) is 0 Å². The SMILES string of the molecule is c1ccc(-c2nc3sc4cnc(-n5c6ccccc6c6ccc(Oc7cc(-c8cc9ccccc9cn8)cc8ccccc78)cc65)cc4n3n2)cc1. The van der Waals surface area contributed by atoms with Gasteiger partial charge in [0.15, 0.2) is 5.82 Å². The van der Waals surface area contributed by atoms with Crippen molar-refractivity contribution in [3.05, 3.63) is 158 Å². The second-order valence-corrected chi connectivity index (χ2v) is 13.9. The lowest BCUT2D eigenvalue weighted by Crippen LogP contribution is -1.98. The van der Waals surface area contributed by atoms with E-state index in [0.717, 1.165) is 92.7 Å². The molecule has 0 radical (unpaired) electrons. The molecule has 11 aromatic rings. The predicted octanol–water partition coefficient (Wildman–Crippen LogP) is 11.3. The minimum Gasteiger partial charge on any atom is -0.457 e. The summed E-state index contributed by atoms with van der Waals surface area (Å²) in [4.78, 5) is 15.5. The third kappa shape index (κ3) is 4.58. The highest BCUT2D eigenvalue weighted by Gasteiger charge is 2.18. The Morgan fingerprint density at radius 3 is 2.21 bits per heavy atom. The van der Waals surface area contributed by atoms with Crippen LogP contribution in [0.15, 0.2) is 158 Å². The topological polar surface area (TPSA) is 70.1 Å². The summed E-state index contributed by atoms with van der Waals surface area (Å²) in [6.45, 7) is 0. The zero-order valence-corrected chi connectivity index (χ0v) is 28.3. The molecule has 244 valence electrons. The first-order chi connectivity index (χ1) is 25.7. The molecular formula is C44H26N6OS. The van der Waals surface area contributed by atoms with Gasteiger partial charge >= 0.3 is 0 Å². The van der Waals surface area contributed by atoms with Gasteiger partial charge in [0, 0.05) is 57.2 Å². The normalized spacial score (nSPS) is 11.8.